The van der Waals surface area contributed by atoms with Crippen molar-refractivity contribution in [1.82, 2.24) is 0 Å². The molecule has 0 spiro atoms. The monoisotopic (exact) mass is 647 g/mol. The molecule has 1 unspecified atom stereocenters. The van der Waals surface area contributed by atoms with Crippen molar-refractivity contribution in [3.05, 3.63) is 36.5 Å². The molecule has 268 valence electrons. The van der Waals surface area contributed by atoms with E-state index in [1.165, 1.54) is 89.9 Å². The molecular weight excluding hydrogens is 572 g/mol. The lowest BCUT2D eigenvalue weighted by atomic mass is 10.1. The summed E-state index contributed by atoms with van der Waals surface area (Å²) in [6.07, 6.45) is 41.5. The summed E-state index contributed by atoms with van der Waals surface area (Å²) < 4.78 is 17.1. The maximum Gasteiger partial charge on any atom is 0.306 e. The van der Waals surface area contributed by atoms with Crippen LogP contribution in [0.4, 0.5) is 0 Å². The predicted octanol–water partition coefficient (Wildman–Crippen LogP) is 12.3. The van der Waals surface area contributed by atoms with Gasteiger partial charge in [0.1, 0.15) is 6.61 Å². The van der Waals surface area contributed by atoms with Crippen LogP contribution in [0, 0.1) is 0 Å². The number of allylic oxidation sites excluding steroid dienone is 6. The van der Waals surface area contributed by atoms with Crippen LogP contribution in [-0.2, 0) is 23.8 Å². The van der Waals surface area contributed by atoms with Gasteiger partial charge in [0.2, 0.25) is 0 Å². The number of hydrogen-bond acceptors (Lipinski definition) is 5. The summed E-state index contributed by atoms with van der Waals surface area (Å²) in [7, 11) is 0. The van der Waals surface area contributed by atoms with Gasteiger partial charge in [-0.05, 0) is 51.4 Å². The molecule has 5 nitrogen and oxygen atoms in total. The topological polar surface area (TPSA) is 61.8 Å². The van der Waals surface area contributed by atoms with E-state index in [1.54, 1.807) is 0 Å². The summed E-state index contributed by atoms with van der Waals surface area (Å²) in [5.74, 6) is -0.416. The molecule has 0 N–H and O–H groups in total. The summed E-state index contributed by atoms with van der Waals surface area (Å²) in [6.45, 7) is 7.61. The minimum atomic E-state index is -0.531. The van der Waals surface area contributed by atoms with Gasteiger partial charge in [-0.1, -0.05) is 160 Å². The predicted molar refractivity (Wildman–Crippen MR) is 196 cm³/mol. The molecule has 0 heterocycles. The highest BCUT2D eigenvalue weighted by molar-refractivity contribution is 5.70. The van der Waals surface area contributed by atoms with E-state index in [4.69, 9.17) is 14.2 Å². The first-order valence-corrected chi connectivity index (χ1v) is 19.5. The zero-order chi connectivity index (χ0) is 33.6. The van der Waals surface area contributed by atoms with E-state index >= 15 is 0 Å². The highest BCUT2D eigenvalue weighted by Gasteiger charge is 2.17. The van der Waals surface area contributed by atoms with Gasteiger partial charge in [-0.2, -0.15) is 0 Å². The Morgan fingerprint density at radius 2 is 0.978 bits per heavy atom. The standard InChI is InChI=1S/C41H74O5/c1-4-7-10-13-16-17-18-19-20-21-22-23-24-27-30-33-36-44-37-39(46-41(43)35-32-29-26-15-12-9-6-3)38-45-40(42)34-31-28-25-14-11-8-5-2/h7,10,16-17,19-20,39H,4-6,8-9,11-15,18,21-38H2,1-3H3/b10-7-,17-16-,20-19-. The van der Waals surface area contributed by atoms with Crippen molar-refractivity contribution in [2.45, 2.75) is 194 Å². The number of hydrogen-bond donors (Lipinski definition) is 0. The van der Waals surface area contributed by atoms with Crippen LogP contribution in [0.2, 0.25) is 0 Å². The third-order valence-electron chi connectivity index (χ3n) is 8.19. The van der Waals surface area contributed by atoms with Crippen LogP contribution in [0.1, 0.15) is 188 Å². The lowest BCUT2D eigenvalue weighted by molar-refractivity contribution is -0.163. The van der Waals surface area contributed by atoms with E-state index in [-0.39, 0.29) is 25.2 Å². The van der Waals surface area contributed by atoms with Gasteiger partial charge in [0.25, 0.3) is 0 Å². The fourth-order valence-electron chi connectivity index (χ4n) is 5.29. The molecule has 0 aliphatic rings. The van der Waals surface area contributed by atoms with Gasteiger partial charge < -0.3 is 14.2 Å². The van der Waals surface area contributed by atoms with Crippen molar-refractivity contribution >= 4 is 11.9 Å². The highest BCUT2D eigenvalue weighted by atomic mass is 16.6. The molecule has 0 aliphatic heterocycles. The summed E-state index contributed by atoms with van der Waals surface area (Å²) in [5, 5.41) is 0. The number of carbonyl (C=O) groups is 2. The van der Waals surface area contributed by atoms with Gasteiger partial charge >= 0.3 is 11.9 Å². The van der Waals surface area contributed by atoms with Crippen LogP contribution in [-0.4, -0.2) is 37.9 Å². The van der Waals surface area contributed by atoms with Crippen molar-refractivity contribution in [3.8, 4) is 0 Å². The van der Waals surface area contributed by atoms with E-state index in [0.29, 0.717) is 19.4 Å². The van der Waals surface area contributed by atoms with Crippen LogP contribution in [0.15, 0.2) is 36.5 Å². The molecule has 0 saturated heterocycles. The van der Waals surface area contributed by atoms with E-state index in [0.717, 1.165) is 64.2 Å². The second-order valence-electron chi connectivity index (χ2n) is 12.8. The fourth-order valence-corrected chi connectivity index (χ4v) is 5.29. The number of esters is 2. The van der Waals surface area contributed by atoms with Gasteiger partial charge in [-0.25, -0.2) is 0 Å². The minimum Gasteiger partial charge on any atom is -0.462 e. The van der Waals surface area contributed by atoms with Crippen molar-refractivity contribution in [1.29, 1.82) is 0 Å². The van der Waals surface area contributed by atoms with Crippen molar-refractivity contribution < 1.29 is 23.8 Å². The molecule has 0 saturated carbocycles. The molecule has 46 heavy (non-hydrogen) atoms. The van der Waals surface area contributed by atoms with Crippen LogP contribution >= 0.6 is 0 Å². The van der Waals surface area contributed by atoms with Crippen LogP contribution < -0.4 is 0 Å². The molecule has 0 aromatic rings. The third kappa shape index (κ3) is 35.0. The lowest BCUT2D eigenvalue weighted by Crippen LogP contribution is -2.30. The van der Waals surface area contributed by atoms with E-state index in [9.17, 15) is 9.59 Å². The first-order chi connectivity index (χ1) is 22.6. The lowest BCUT2D eigenvalue weighted by Gasteiger charge is -2.18. The second-order valence-corrected chi connectivity index (χ2v) is 12.8. The molecule has 0 aromatic heterocycles. The maximum atomic E-state index is 12.5. The number of carbonyl (C=O) groups excluding carboxylic acids is 2. The zero-order valence-electron chi connectivity index (χ0n) is 30.6. The van der Waals surface area contributed by atoms with Crippen LogP contribution in [0.3, 0.4) is 0 Å². The molecule has 1 atom stereocenters. The largest absolute Gasteiger partial charge is 0.462 e. The quantitative estimate of drug-likeness (QED) is 0.0389. The average molecular weight is 647 g/mol. The summed E-state index contributed by atoms with van der Waals surface area (Å²) in [6, 6.07) is 0. The summed E-state index contributed by atoms with van der Waals surface area (Å²) >= 11 is 0. The summed E-state index contributed by atoms with van der Waals surface area (Å²) in [4.78, 5) is 24.8. The fraction of sp³-hybridized carbons (Fsp3) is 0.805. The van der Waals surface area contributed by atoms with Gasteiger partial charge in [0, 0.05) is 19.4 Å². The third-order valence-corrected chi connectivity index (χ3v) is 8.19. The van der Waals surface area contributed by atoms with E-state index in [1.807, 2.05) is 0 Å². The zero-order valence-corrected chi connectivity index (χ0v) is 30.6. The molecule has 0 amide bonds. The molecule has 0 fully saturated rings. The van der Waals surface area contributed by atoms with Crippen LogP contribution in [0.25, 0.3) is 0 Å². The normalized spacial score (nSPS) is 12.5. The Labute approximate surface area is 285 Å². The van der Waals surface area contributed by atoms with Gasteiger partial charge in [-0.15, -0.1) is 0 Å². The number of unbranched alkanes of at least 4 members (excludes halogenated alkanes) is 18. The number of ether oxygens (including phenoxy) is 3. The van der Waals surface area contributed by atoms with Crippen LogP contribution in [0.5, 0.6) is 0 Å². The van der Waals surface area contributed by atoms with E-state index < -0.39 is 6.10 Å². The van der Waals surface area contributed by atoms with Gasteiger partial charge in [0.05, 0.1) is 6.61 Å². The highest BCUT2D eigenvalue weighted by Crippen LogP contribution is 2.12. The molecule has 0 bridgehead atoms. The Balaban J connectivity index is 4.15. The summed E-state index contributed by atoms with van der Waals surface area (Å²) in [5.41, 5.74) is 0. The van der Waals surface area contributed by atoms with Crippen molar-refractivity contribution in [2.24, 2.45) is 0 Å². The van der Waals surface area contributed by atoms with E-state index in [2.05, 4.69) is 57.2 Å². The molecule has 0 aromatic carbocycles. The Kier molecular flexibility index (Phi) is 36.0. The van der Waals surface area contributed by atoms with Crippen molar-refractivity contribution in [3.63, 3.8) is 0 Å². The Hall–Kier alpha value is -1.88. The molecule has 0 radical (unpaired) electrons. The van der Waals surface area contributed by atoms with Gasteiger partial charge in [-0.3, -0.25) is 9.59 Å². The first kappa shape index (κ1) is 44.1. The minimum absolute atomic E-state index is 0.0825. The molecule has 0 aliphatic carbocycles. The number of rotatable bonds is 35. The SMILES string of the molecule is CC/C=C\C/C=C\C/C=C\CCCCCCCCOCC(COC(=O)CCCCCCCCC)OC(=O)CCCCCCCCC. The van der Waals surface area contributed by atoms with Gasteiger partial charge in [0.15, 0.2) is 6.10 Å². The second kappa shape index (κ2) is 37.6. The first-order valence-electron chi connectivity index (χ1n) is 19.5. The molecular formula is C41H74O5. The average Bonchev–Trinajstić information content (AvgIpc) is 3.05. The Morgan fingerprint density at radius 1 is 0.500 bits per heavy atom. The smallest absolute Gasteiger partial charge is 0.306 e. The molecule has 5 heteroatoms. The van der Waals surface area contributed by atoms with Crippen molar-refractivity contribution in [2.75, 3.05) is 19.8 Å². The Bertz CT molecular complexity index is 741. The maximum absolute atomic E-state index is 12.5. The Morgan fingerprint density at radius 3 is 1.57 bits per heavy atom. The molecule has 0 rings (SSSR count).